The minimum absolute atomic E-state index is 0.205. The highest BCUT2D eigenvalue weighted by Crippen LogP contribution is 2.29. The van der Waals surface area contributed by atoms with Gasteiger partial charge in [-0.15, -0.1) is 0 Å². The zero-order valence-electron chi connectivity index (χ0n) is 13.0. The van der Waals surface area contributed by atoms with E-state index in [0.29, 0.717) is 18.7 Å². The van der Waals surface area contributed by atoms with Gasteiger partial charge in [-0.1, -0.05) is 6.92 Å². The highest BCUT2D eigenvalue weighted by atomic mass is 19.4. The Morgan fingerprint density at radius 3 is 2.05 bits per heavy atom. The largest absolute Gasteiger partial charge is 0.416 e. The molecule has 1 aromatic rings. The summed E-state index contributed by atoms with van der Waals surface area (Å²) in [7, 11) is 0. The fourth-order valence-corrected chi connectivity index (χ4v) is 3.13. The lowest BCUT2D eigenvalue weighted by molar-refractivity contribution is -0.137. The number of hydrogen-bond acceptors (Lipinski definition) is 2. The Bertz CT molecular complexity index is 515. The molecule has 3 nitrogen and oxygen atoms in total. The van der Waals surface area contributed by atoms with Crippen LogP contribution >= 0.6 is 0 Å². The first kappa shape index (κ1) is 16.8. The maximum atomic E-state index is 12.6. The molecule has 1 fully saturated rings. The molecule has 122 valence electrons. The first-order valence-electron chi connectivity index (χ1n) is 7.46. The summed E-state index contributed by atoms with van der Waals surface area (Å²) in [6.07, 6.45) is -4.38. The van der Waals surface area contributed by atoms with E-state index >= 15 is 0 Å². The van der Waals surface area contributed by atoms with Crippen LogP contribution in [0, 0.1) is 0 Å². The Balaban J connectivity index is 2.12. The Morgan fingerprint density at radius 1 is 1.14 bits per heavy atom. The van der Waals surface area contributed by atoms with Gasteiger partial charge in [-0.2, -0.15) is 13.2 Å². The summed E-state index contributed by atoms with van der Waals surface area (Å²) in [5, 5.41) is 0. The topological polar surface area (TPSA) is 23.6 Å². The van der Waals surface area contributed by atoms with Crippen molar-refractivity contribution in [2.75, 3.05) is 19.6 Å². The maximum absolute atomic E-state index is 12.6. The minimum atomic E-state index is -4.38. The van der Waals surface area contributed by atoms with E-state index in [1.807, 2.05) is 0 Å². The summed E-state index contributed by atoms with van der Waals surface area (Å²) in [6, 6.07) is 4.92. The number of rotatable bonds is 2. The van der Waals surface area contributed by atoms with E-state index in [9.17, 15) is 18.0 Å². The summed E-state index contributed by atoms with van der Waals surface area (Å²) in [5.41, 5.74) is -0.432. The molecule has 0 radical (unpaired) electrons. The van der Waals surface area contributed by atoms with Crippen LogP contribution in [0.5, 0.6) is 0 Å². The number of halogens is 3. The van der Waals surface area contributed by atoms with E-state index in [1.54, 1.807) is 4.90 Å². The molecule has 0 bridgehead atoms. The second kappa shape index (κ2) is 6.28. The second-order valence-corrected chi connectivity index (χ2v) is 5.81. The second-order valence-electron chi connectivity index (χ2n) is 5.81. The first-order chi connectivity index (χ1) is 10.2. The van der Waals surface area contributed by atoms with Crippen molar-refractivity contribution in [1.82, 2.24) is 9.80 Å². The molecular formula is C16H21F3N2O. The Labute approximate surface area is 128 Å². The van der Waals surface area contributed by atoms with Crippen molar-refractivity contribution in [1.29, 1.82) is 0 Å². The van der Waals surface area contributed by atoms with Crippen LogP contribution in [0.4, 0.5) is 13.2 Å². The van der Waals surface area contributed by atoms with Crippen LogP contribution in [0.3, 0.4) is 0 Å². The van der Waals surface area contributed by atoms with Crippen LogP contribution in [-0.4, -0.2) is 47.4 Å². The summed E-state index contributed by atoms with van der Waals surface area (Å²) in [4.78, 5) is 16.5. The van der Waals surface area contributed by atoms with Crippen LogP contribution in [0.25, 0.3) is 0 Å². The molecule has 6 heteroatoms. The Hall–Kier alpha value is -1.56. The predicted molar refractivity (Wildman–Crippen MR) is 78.7 cm³/mol. The SMILES string of the molecule is CCN1[C@H](C)CN(C(=O)c2ccc(C(F)(F)F)cc2)C[C@@H]1C. The van der Waals surface area contributed by atoms with Crippen LogP contribution in [0.1, 0.15) is 36.7 Å². The standard InChI is InChI=1S/C16H21F3N2O/c1-4-21-11(2)9-20(10-12(21)3)15(22)13-5-7-14(8-6-13)16(17,18)19/h5-8,11-12H,4,9-10H2,1-3H3/t11-,12+. The van der Waals surface area contributed by atoms with Gasteiger partial charge in [-0.25, -0.2) is 0 Å². The molecule has 2 rings (SSSR count). The van der Waals surface area contributed by atoms with Crippen LogP contribution < -0.4 is 0 Å². The van der Waals surface area contributed by atoms with Gasteiger partial charge in [-0.3, -0.25) is 9.69 Å². The molecule has 2 atom stereocenters. The van der Waals surface area contributed by atoms with E-state index in [1.165, 1.54) is 12.1 Å². The van der Waals surface area contributed by atoms with Crippen molar-refractivity contribution in [3.63, 3.8) is 0 Å². The molecular weight excluding hydrogens is 293 g/mol. The molecule has 0 aliphatic carbocycles. The molecule has 1 saturated heterocycles. The van der Waals surface area contributed by atoms with E-state index in [2.05, 4.69) is 25.7 Å². The average molecular weight is 314 g/mol. The molecule has 0 aromatic heterocycles. The number of likely N-dealkylation sites (N-methyl/N-ethyl adjacent to an activating group) is 1. The molecule has 1 aromatic carbocycles. The monoisotopic (exact) mass is 314 g/mol. The molecule has 1 amide bonds. The van der Waals surface area contributed by atoms with Crippen molar-refractivity contribution in [3.05, 3.63) is 35.4 Å². The maximum Gasteiger partial charge on any atom is 0.416 e. The zero-order chi connectivity index (χ0) is 16.5. The highest BCUT2D eigenvalue weighted by Gasteiger charge is 2.32. The highest BCUT2D eigenvalue weighted by molar-refractivity contribution is 5.94. The number of piperazine rings is 1. The van der Waals surface area contributed by atoms with Gasteiger partial charge in [0.05, 0.1) is 5.56 Å². The number of alkyl halides is 3. The summed E-state index contributed by atoms with van der Waals surface area (Å²) >= 11 is 0. The molecule has 1 aliphatic heterocycles. The van der Waals surface area contributed by atoms with Gasteiger partial charge in [0, 0.05) is 30.7 Å². The van der Waals surface area contributed by atoms with E-state index in [-0.39, 0.29) is 18.0 Å². The quantitative estimate of drug-likeness (QED) is 0.836. The van der Waals surface area contributed by atoms with Gasteiger partial charge in [0.15, 0.2) is 0 Å². The zero-order valence-corrected chi connectivity index (χ0v) is 13.0. The Kier molecular flexibility index (Phi) is 4.80. The Morgan fingerprint density at radius 2 is 1.64 bits per heavy atom. The number of benzene rings is 1. The minimum Gasteiger partial charge on any atom is -0.336 e. The third-order valence-electron chi connectivity index (χ3n) is 4.21. The van der Waals surface area contributed by atoms with Gasteiger partial charge >= 0.3 is 6.18 Å². The molecule has 0 N–H and O–H groups in total. The van der Waals surface area contributed by atoms with Gasteiger partial charge in [0.2, 0.25) is 0 Å². The number of nitrogens with zero attached hydrogens (tertiary/aromatic N) is 2. The number of carbonyl (C=O) groups excluding carboxylic acids is 1. The summed E-state index contributed by atoms with van der Waals surface area (Å²) in [5.74, 6) is -0.205. The lowest BCUT2D eigenvalue weighted by Gasteiger charge is -2.44. The van der Waals surface area contributed by atoms with Crippen molar-refractivity contribution in [3.8, 4) is 0 Å². The van der Waals surface area contributed by atoms with E-state index in [0.717, 1.165) is 18.7 Å². The van der Waals surface area contributed by atoms with Crippen LogP contribution in [0.2, 0.25) is 0 Å². The van der Waals surface area contributed by atoms with Crippen LogP contribution in [0.15, 0.2) is 24.3 Å². The third-order valence-corrected chi connectivity index (χ3v) is 4.21. The van der Waals surface area contributed by atoms with Crippen molar-refractivity contribution < 1.29 is 18.0 Å². The molecule has 0 spiro atoms. The van der Waals surface area contributed by atoms with Crippen molar-refractivity contribution in [2.45, 2.75) is 39.0 Å². The van der Waals surface area contributed by atoms with Gasteiger partial charge in [0.25, 0.3) is 5.91 Å². The predicted octanol–water partition coefficient (Wildman–Crippen LogP) is 3.26. The fourth-order valence-electron chi connectivity index (χ4n) is 3.13. The first-order valence-corrected chi connectivity index (χ1v) is 7.46. The van der Waals surface area contributed by atoms with Crippen LogP contribution in [-0.2, 0) is 6.18 Å². The van der Waals surface area contributed by atoms with Crippen molar-refractivity contribution in [2.24, 2.45) is 0 Å². The number of amides is 1. The summed E-state index contributed by atoms with van der Waals surface area (Å²) < 4.78 is 37.7. The third kappa shape index (κ3) is 3.43. The van der Waals surface area contributed by atoms with Gasteiger partial charge in [-0.05, 0) is 44.7 Å². The summed E-state index contributed by atoms with van der Waals surface area (Å²) in [6.45, 7) is 8.32. The van der Waals surface area contributed by atoms with Crippen molar-refractivity contribution >= 4 is 5.91 Å². The van der Waals surface area contributed by atoms with Gasteiger partial charge < -0.3 is 4.90 Å². The normalized spacial score (nSPS) is 23.6. The molecule has 1 aliphatic rings. The lowest BCUT2D eigenvalue weighted by atomic mass is 10.1. The number of hydrogen-bond donors (Lipinski definition) is 0. The average Bonchev–Trinajstić information content (AvgIpc) is 2.45. The lowest BCUT2D eigenvalue weighted by Crippen LogP contribution is -2.57. The van der Waals surface area contributed by atoms with Gasteiger partial charge in [0.1, 0.15) is 0 Å². The smallest absolute Gasteiger partial charge is 0.336 e. The molecule has 0 saturated carbocycles. The van der Waals surface area contributed by atoms with E-state index in [4.69, 9.17) is 0 Å². The number of carbonyl (C=O) groups is 1. The fraction of sp³-hybridized carbons (Fsp3) is 0.562. The molecule has 1 heterocycles. The molecule has 0 unspecified atom stereocenters. The van der Waals surface area contributed by atoms with E-state index < -0.39 is 11.7 Å². The molecule has 22 heavy (non-hydrogen) atoms.